The highest BCUT2D eigenvalue weighted by molar-refractivity contribution is 5.37. The summed E-state index contributed by atoms with van der Waals surface area (Å²) in [5, 5.41) is 7.55. The molecule has 9 heavy (non-hydrogen) atoms. The van der Waals surface area contributed by atoms with Crippen LogP contribution in [0.25, 0.3) is 0 Å². The van der Waals surface area contributed by atoms with Gasteiger partial charge in [-0.1, -0.05) is 0 Å². The molecule has 0 N–H and O–H groups in total. The SMILES string of the molecule is c1ncc2c(n1)N=NC2. The molecule has 0 radical (unpaired) electrons. The van der Waals surface area contributed by atoms with Crippen LogP contribution in [0.5, 0.6) is 0 Å². The lowest BCUT2D eigenvalue weighted by Gasteiger charge is -1.87. The largest absolute Gasteiger partial charge is 0.244 e. The van der Waals surface area contributed by atoms with Crippen molar-refractivity contribution in [3.8, 4) is 0 Å². The molecular formula is C5H4N4. The Morgan fingerprint density at radius 2 is 2.44 bits per heavy atom. The van der Waals surface area contributed by atoms with E-state index in [1.54, 1.807) is 6.20 Å². The first-order valence-electron chi connectivity index (χ1n) is 2.63. The van der Waals surface area contributed by atoms with Crippen LogP contribution < -0.4 is 0 Å². The number of hydrogen-bond acceptors (Lipinski definition) is 4. The molecule has 1 aromatic rings. The molecule has 0 saturated carbocycles. The van der Waals surface area contributed by atoms with Gasteiger partial charge in [0.2, 0.25) is 0 Å². The van der Waals surface area contributed by atoms with Gasteiger partial charge in [0.15, 0.2) is 5.82 Å². The summed E-state index contributed by atoms with van der Waals surface area (Å²) < 4.78 is 0. The van der Waals surface area contributed by atoms with Gasteiger partial charge in [-0.2, -0.15) is 5.11 Å². The van der Waals surface area contributed by atoms with E-state index in [4.69, 9.17) is 0 Å². The van der Waals surface area contributed by atoms with Crippen LogP contribution in [0.4, 0.5) is 5.82 Å². The summed E-state index contributed by atoms with van der Waals surface area (Å²) >= 11 is 0. The maximum Gasteiger partial charge on any atom is 0.182 e. The Morgan fingerprint density at radius 1 is 1.44 bits per heavy atom. The molecule has 1 aromatic heterocycles. The maximum atomic E-state index is 3.89. The lowest BCUT2D eigenvalue weighted by atomic mass is 10.3. The quantitative estimate of drug-likeness (QED) is 0.514. The van der Waals surface area contributed by atoms with E-state index in [-0.39, 0.29) is 0 Å². The third kappa shape index (κ3) is 0.595. The third-order valence-electron chi connectivity index (χ3n) is 1.17. The fourth-order valence-corrected chi connectivity index (χ4v) is 0.732. The van der Waals surface area contributed by atoms with Crippen molar-refractivity contribution in [2.45, 2.75) is 6.54 Å². The molecule has 0 aromatic carbocycles. The average molecular weight is 120 g/mol. The summed E-state index contributed by atoms with van der Waals surface area (Å²) in [5.74, 6) is 0.713. The molecule has 0 spiro atoms. The topological polar surface area (TPSA) is 50.5 Å². The van der Waals surface area contributed by atoms with E-state index >= 15 is 0 Å². The van der Waals surface area contributed by atoms with E-state index in [9.17, 15) is 0 Å². The van der Waals surface area contributed by atoms with Gasteiger partial charge in [0.1, 0.15) is 6.33 Å². The monoisotopic (exact) mass is 120 g/mol. The van der Waals surface area contributed by atoms with Gasteiger partial charge in [-0.25, -0.2) is 9.97 Å². The lowest BCUT2D eigenvalue weighted by molar-refractivity contribution is 1.03. The Morgan fingerprint density at radius 3 is 3.33 bits per heavy atom. The predicted molar refractivity (Wildman–Crippen MR) is 30.3 cm³/mol. The number of nitrogens with zero attached hydrogens (tertiary/aromatic N) is 4. The summed E-state index contributed by atoms with van der Waals surface area (Å²) in [5.41, 5.74) is 1.01. The summed E-state index contributed by atoms with van der Waals surface area (Å²) in [6, 6.07) is 0. The molecule has 44 valence electrons. The highest BCUT2D eigenvalue weighted by atomic mass is 15.2. The second-order valence-electron chi connectivity index (χ2n) is 1.77. The summed E-state index contributed by atoms with van der Waals surface area (Å²) in [4.78, 5) is 7.71. The Bertz CT molecular complexity index is 255. The molecule has 0 unspecified atom stereocenters. The normalized spacial score (nSPS) is 13.8. The zero-order valence-electron chi connectivity index (χ0n) is 4.65. The van der Waals surface area contributed by atoms with Crippen molar-refractivity contribution >= 4 is 5.82 Å². The Kier molecular flexibility index (Phi) is 0.798. The van der Waals surface area contributed by atoms with Gasteiger partial charge < -0.3 is 0 Å². The van der Waals surface area contributed by atoms with Crippen molar-refractivity contribution < 1.29 is 0 Å². The number of aromatic nitrogens is 2. The van der Waals surface area contributed by atoms with Gasteiger partial charge >= 0.3 is 0 Å². The van der Waals surface area contributed by atoms with Crippen LogP contribution in [0.2, 0.25) is 0 Å². The molecule has 0 aliphatic carbocycles. The molecule has 2 rings (SSSR count). The van der Waals surface area contributed by atoms with Crippen molar-refractivity contribution in [1.82, 2.24) is 9.97 Å². The zero-order chi connectivity index (χ0) is 6.10. The number of fused-ring (bicyclic) bond motifs is 1. The molecule has 2 heterocycles. The van der Waals surface area contributed by atoms with Crippen molar-refractivity contribution in [2.75, 3.05) is 0 Å². The molecular weight excluding hydrogens is 116 g/mol. The Balaban J connectivity index is 2.63. The van der Waals surface area contributed by atoms with Crippen LogP contribution in [0.15, 0.2) is 22.8 Å². The van der Waals surface area contributed by atoms with E-state index in [1.807, 2.05) is 0 Å². The number of azo groups is 1. The summed E-state index contributed by atoms with van der Waals surface area (Å²) in [7, 11) is 0. The van der Waals surface area contributed by atoms with Gasteiger partial charge in [-0.05, 0) is 0 Å². The molecule has 4 heteroatoms. The maximum absolute atomic E-state index is 3.89. The van der Waals surface area contributed by atoms with Crippen LogP contribution in [0, 0.1) is 0 Å². The van der Waals surface area contributed by atoms with Gasteiger partial charge in [-0.3, -0.25) is 0 Å². The minimum Gasteiger partial charge on any atom is -0.244 e. The van der Waals surface area contributed by atoms with Crippen molar-refractivity contribution in [2.24, 2.45) is 10.2 Å². The minimum atomic E-state index is 0.635. The summed E-state index contributed by atoms with van der Waals surface area (Å²) in [6.45, 7) is 0.635. The van der Waals surface area contributed by atoms with Gasteiger partial charge in [-0.15, -0.1) is 5.11 Å². The van der Waals surface area contributed by atoms with E-state index in [2.05, 4.69) is 20.2 Å². The van der Waals surface area contributed by atoms with Crippen LogP contribution in [0.1, 0.15) is 5.56 Å². The molecule has 1 aliphatic rings. The molecule has 0 atom stereocenters. The van der Waals surface area contributed by atoms with Gasteiger partial charge in [0.05, 0.1) is 6.54 Å². The van der Waals surface area contributed by atoms with Crippen LogP contribution in [-0.2, 0) is 6.54 Å². The highest BCUT2D eigenvalue weighted by Crippen LogP contribution is 2.21. The predicted octanol–water partition coefficient (Wildman–Crippen LogP) is 1.07. The van der Waals surface area contributed by atoms with Gasteiger partial charge in [0.25, 0.3) is 0 Å². The first kappa shape index (κ1) is 4.55. The van der Waals surface area contributed by atoms with Crippen molar-refractivity contribution in [3.05, 3.63) is 18.1 Å². The molecule has 1 aliphatic heterocycles. The van der Waals surface area contributed by atoms with E-state index in [0.29, 0.717) is 12.4 Å². The fraction of sp³-hybridized carbons (Fsp3) is 0.200. The number of rotatable bonds is 0. The van der Waals surface area contributed by atoms with Gasteiger partial charge in [0, 0.05) is 11.8 Å². The van der Waals surface area contributed by atoms with E-state index < -0.39 is 0 Å². The lowest BCUT2D eigenvalue weighted by Crippen LogP contribution is -1.80. The second-order valence-corrected chi connectivity index (χ2v) is 1.77. The molecule has 0 amide bonds. The molecule has 0 saturated heterocycles. The molecule has 0 fully saturated rings. The minimum absolute atomic E-state index is 0.635. The third-order valence-corrected chi connectivity index (χ3v) is 1.17. The smallest absolute Gasteiger partial charge is 0.182 e. The standard InChI is InChI=1S/C5H4N4/c1-4-2-8-9-5(4)7-3-6-1/h1,3H,2H2. The first-order chi connectivity index (χ1) is 4.47. The van der Waals surface area contributed by atoms with Crippen LogP contribution in [0.3, 0.4) is 0 Å². The van der Waals surface area contributed by atoms with E-state index in [1.165, 1.54) is 6.33 Å². The molecule has 4 nitrogen and oxygen atoms in total. The number of hydrogen-bond donors (Lipinski definition) is 0. The first-order valence-corrected chi connectivity index (χ1v) is 2.63. The zero-order valence-corrected chi connectivity index (χ0v) is 4.65. The van der Waals surface area contributed by atoms with Crippen LogP contribution in [-0.4, -0.2) is 9.97 Å². The Hall–Kier alpha value is -1.32. The second kappa shape index (κ2) is 1.58. The van der Waals surface area contributed by atoms with E-state index in [0.717, 1.165) is 5.56 Å². The molecule has 0 bridgehead atoms. The Labute approximate surface area is 51.7 Å². The fourth-order valence-electron chi connectivity index (χ4n) is 0.732. The van der Waals surface area contributed by atoms with Crippen LogP contribution >= 0.6 is 0 Å². The summed E-state index contributed by atoms with van der Waals surface area (Å²) in [6.07, 6.45) is 3.21. The van der Waals surface area contributed by atoms with Crippen molar-refractivity contribution in [1.29, 1.82) is 0 Å². The highest BCUT2D eigenvalue weighted by Gasteiger charge is 2.06. The average Bonchev–Trinajstić information content (AvgIpc) is 2.33. The van der Waals surface area contributed by atoms with Crippen molar-refractivity contribution in [3.63, 3.8) is 0 Å².